The second-order valence-corrected chi connectivity index (χ2v) is 6.55. The van der Waals surface area contributed by atoms with Crippen LogP contribution in [0.25, 0.3) is 11.4 Å². The van der Waals surface area contributed by atoms with Crippen LogP contribution in [0.2, 0.25) is 5.02 Å². The van der Waals surface area contributed by atoms with Crippen LogP contribution in [0.4, 0.5) is 13.2 Å². The molecule has 0 saturated carbocycles. The maximum atomic E-state index is 12.8. The van der Waals surface area contributed by atoms with Crippen molar-refractivity contribution in [2.75, 3.05) is 5.84 Å². The zero-order valence-corrected chi connectivity index (χ0v) is 14.2. The molecule has 0 aliphatic heterocycles. The van der Waals surface area contributed by atoms with Gasteiger partial charge in [-0.3, -0.25) is 0 Å². The molecule has 0 spiro atoms. The Hall–Kier alpha value is -2.19. The molecule has 0 bridgehead atoms. The highest BCUT2D eigenvalue weighted by Crippen LogP contribution is 2.31. The molecule has 130 valence electrons. The van der Waals surface area contributed by atoms with E-state index in [1.165, 1.54) is 22.5 Å². The molecule has 0 unspecified atom stereocenters. The molecule has 0 atom stereocenters. The number of hydrogen-bond acceptors (Lipinski definition) is 4. The average Bonchev–Trinajstić information content (AvgIpc) is 2.94. The number of nitrogens with two attached hydrogens (primary N) is 1. The number of thioether (sulfide) groups is 1. The van der Waals surface area contributed by atoms with Crippen LogP contribution in [0, 0.1) is 0 Å². The summed E-state index contributed by atoms with van der Waals surface area (Å²) in [5.74, 6) is 6.73. The number of alkyl halides is 3. The third kappa shape index (κ3) is 4.08. The zero-order valence-electron chi connectivity index (χ0n) is 12.7. The van der Waals surface area contributed by atoms with Crippen molar-refractivity contribution in [1.82, 2.24) is 14.9 Å². The van der Waals surface area contributed by atoms with Crippen molar-refractivity contribution in [1.29, 1.82) is 0 Å². The van der Waals surface area contributed by atoms with E-state index in [1.54, 1.807) is 30.3 Å². The van der Waals surface area contributed by atoms with Gasteiger partial charge in [0, 0.05) is 16.3 Å². The molecule has 2 aromatic carbocycles. The van der Waals surface area contributed by atoms with Crippen molar-refractivity contribution in [3.8, 4) is 11.4 Å². The van der Waals surface area contributed by atoms with Crippen LogP contribution in [-0.4, -0.2) is 14.9 Å². The van der Waals surface area contributed by atoms with E-state index in [9.17, 15) is 13.2 Å². The highest BCUT2D eigenvalue weighted by molar-refractivity contribution is 7.98. The number of hydrogen-bond donors (Lipinski definition) is 1. The normalized spacial score (nSPS) is 11.7. The molecule has 0 aliphatic carbocycles. The van der Waals surface area contributed by atoms with E-state index < -0.39 is 11.7 Å². The minimum Gasteiger partial charge on any atom is -0.335 e. The Labute approximate surface area is 150 Å². The van der Waals surface area contributed by atoms with Gasteiger partial charge in [-0.2, -0.15) is 13.2 Å². The summed E-state index contributed by atoms with van der Waals surface area (Å²) in [7, 11) is 0. The predicted octanol–water partition coefficient (Wildman–Crippen LogP) is 4.62. The fourth-order valence-corrected chi connectivity index (χ4v) is 3.08. The van der Waals surface area contributed by atoms with Crippen LogP contribution in [0.1, 0.15) is 11.1 Å². The number of nitrogen functional groups attached to an aromatic ring is 1. The largest absolute Gasteiger partial charge is 0.416 e. The number of aromatic nitrogens is 3. The van der Waals surface area contributed by atoms with Crippen molar-refractivity contribution in [2.24, 2.45) is 0 Å². The third-order valence-electron chi connectivity index (χ3n) is 3.39. The maximum absolute atomic E-state index is 12.8. The first kappa shape index (κ1) is 17.6. The summed E-state index contributed by atoms with van der Waals surface area (Å²) in [5.41, 5.74) is 0.586. The fraction of sp³-hybridized carbons (Fsp3) is 0.125. The van der Waals surface area contributed by atoms with Crippen LogP contribution < -0.4 is 5.84 Å². The van der Waals surface area contributed by atoms with Gasteiger partial charge in [-0.05, 0) is 35.9 Å². The van der Waals surface area contributed by atoms with E-state index in [-0.39, 0.29) is 0 Å². The molecule has 0 amide bonds. The van der Waals surface area contributed by atoms with Crippen LogP contribution in [0.15, 0.2) is 53.7 Å². The summed E-state index contributed by atoms with van der Waals surface area (Å²) >= 11 is 7.06. The Morgan fingerprint density at radius 3 is 2.48 bits per heavy atom. The number of halogens is 4. The summed E-state index contributed by atoms with van der Waals surface area (Å²) in [6.07, 6.45) is -4.36. The molecule has 0 fully saturated rings. The van der Waals surface area contributed by atoms with Crippen molar-refractivity contribution in [3.05, 3.63) is 64.7 Å². The van der Waals surface area contributed by atoms with Crippen molar-refractivity contribution in [2.45, 2.75) is 17.1 Å². The number of benzene rings is 2. The van der Waals surface area contributed by atoms with Crippen LogP contribution >= 0.6 is 23.4 Å². The highest BCUT2D eigenvalue weighted by atomic mass is 35.5. The van der Waals surface area contributed by atoms with Crippen molar-refractivity contribution < 1.29 is 13.2 Å². The standard InChI is InChI=1S/C16H12ClF3N4S/c17-13-6-4-11(5-7-13)14-22-23-15(24(14)21)25-9-10-2-1-3-12(8-10)16(18,19)20/h1-8H,9,21H2. The van der Waals surface area contributed by atoms with Gasteiger partial charge in [0.15, 0.2) is 5.82 Å². The number of nitrogens with zero attached hydrogens (tertiary/aromatic N) is 3. The van der Waals surface area contributed by atoms with Gasteiger partial charge >= 0.3 is 6.18 Å². The molecule has 2 N–H and O–H groups in total. The summed E-state index contributed by atoms with van der Waals surface area (Å²) < 4.78 is 39.6. The van der Waals surface area contributed by atoms with Gasteiger partial charge in [-0.25, -0.2) is 4.68 Å². The molecule has 0 aliphatic rings. The molecule has 0 radical (unpaired) electrons. The van der Waals surface area contributed by atoms with E-state index in [0.29, 0.717) is 27.3 Å². The van der Waals surface area contributed by atoms with Crippen molar-refractivity contribution >= 4 is 23.4 Å². The lowest BCUT2D eigenvalue weighted by molar-refractivity contribution is -0.137. The van der Waals surface area contributed by atoms with Crippen LogP contribution in [0.3, 0.4) is 0 Å². The van der Waals surface area contributed by atoms with E-state index in [1.807, 2.05) is 0 Å². The Morgan fingerprint density at radius 1 is 1.08 bits per heavy atom. The average molecular weight is 385 g/mol. The summed E-state index contributed by atoms with van der Waals surface area (Å²) in [5, 5.41) is 9.02. The van der Waals surface area contributed by atoms with E-state index in [0.717, 1.165) is 17.7 Å². The third-order valence-corrected chi connectivity index (χ3v) is 4.66. The van der Waals surface area contributed by atoms with Crippen LogP contribution in [-0.2, 0) is 11.9 Å². The summed E-state index contributed by atoms with van der Waals surface area (Å²) in [6.45, 7) is 0. The van der Waals surface area contributed by atoms with Crippen molar-refractivity contribution in [3.63, 3.8) is 0 Å². The number of rotatable bonds is 4. The Kier molecular flexibility index (Phi) is 4.91. The van der Waals surface area contributed by atoms with Gasteiger partial charge in [0.05, 0.1) is 5.56 Å². The minimum atomic E-state index is -4.36. The first-order valence-electron chi connectivity index (χ1n) is 7.10. The Balaban J connectivity index is 1.76. The highest BCUT2D eigenvalue weighted by Gasteiger charge is 2.30. The predicted molar refractivity (Wildman–Crippen MR) is 91.6 cm³/mol. The summed E-state index contributed by atoms with van der Waals surface area (Å²) in [6, 6.07) is 12.1. The maximum Gasteiger partial charge on any atom is 0.416 e. The van der Waals surface area contributed by atoms with Gasteiger partial charge in [0.25, 0.3) is 0 Å². The first-order valence-corrected chi connectivity index (χ1v) is 8.46. The topological polar surface area (TPSA) is 56.7 Å². The second kappa shape index (κ2) is 6.97. The monoisotopic (exact) mass is 384 g/mol. The lowest BCUT2D eigenvalue weighted by atomic mass is 10.1. The molecule has 3 aromatic rings. The smallest absolute Gasteiger partial charge is 0.335 e. The van der Waals surface area contributed by atoms with E-state index in [4.69, 9.17) is 17.4 Å². The molecule has 25 heavy (non-hydrogen) atoms. The minimum absolute atomic E-state index is 0.292. The molecule has 1 heterocycles. The lowest BCUT2D eigenvalue weighted by Gasteiger charge is -2.08. The molecule has 3 rings (SSSR count). The molecule has 9 heteroatoms. The quantitative estimate of drug-likeness (QED) is 0.526. The van der Waals surface area contributed by atoms with Gasteiger partial charge in [-0.1, -0.05) is 41.6 Å². The Morgan fingerprint density at radius 2 is 1.80 bits per heavy atom. The SMILES string of the molecule is Nn1c(SCc2cccc(C(F)(F)F)c2)nnc1-c1ccc(Cl)cc1. The lowest BCUT2D eigenvalue weighted by Crippen LogP contribution is -2.11. The van der Waals surface area contributed by atoms with E-state index in [2.05, 4.69) is 10.2 Å². The van der Waals surface area contributed by atoms with Gasteiger partial charge < -0.3 is 5.84 Å². The molecule has 0 saturated heterocycles. The molecule has 1 aromatic heterocycles. The molecular weight excluding hydrogens is 373 g/mol. The van der Waals surface area contributed by atoms with Gasteiger partial charge in [-0.15, -0.1) is 10.2 Å². The van der Waals surface area contributed by atoms with Crippen LogP contribution in [0.5, 0.6) is 0 Å². The van der Waals surface area contributed by atoms with Gasteiger partial charge in [0.1, 0.15) is 0 Å². The van der Waals surface area contributed by atoms with Gasteiger partial charge in [0.2, 0.25) is 5.16 Å². The molecule has 4 nitrogen and oxygen atoms in total. The molecular formula is C16H12ClF3N4S. The summed E-state index contributed by atoms with van der Waals surface area (Å²) in [4.78, 5) is 0. The zero-order chi connectivity index (χ0) is 18.0. The fourth-order valence-electron chi connectivity index (χ4n) is 2.16. The Bertz CT molecular complexity index is 878. The van der Waals surface area contributed by atoms with E-state index >= 15 is 0 Å². The first-order chi connectivity index (χ1) is 11.8. The second-order valence-electron chi connectivity index (χ2n) is 5.17.